The van der Waals surface area contributed by atoms with Gasteiger partial charge in [0.2, 0.25) is 5.82 Å². The number of carbonyl (C=O) groups excluding carboxylic acids is 2. The average molecular weight is 520 g/mol. The zero-order valence-corrected chi connectivity index (χ0v) is 21.1. The van der Waals surface area contributed by atoms with Gasteiger partial charge in [0.05, 0.1) is 29.9 Å². The monoisotopic (exact) mass is 519 g/mol. The predicted molar refractivity (Wildman–Crippen MR) is 148 cm³/mol. The second-order valence-electron chi connectivity index (χ2n) is 8.76. The standard InChI is InChI=1S/C31H25N3O5/c1-2-39-31(38)29-32-26-11-7-6-10-24(26)28(33-29)21-12-14-22(15-13-21)34(19-20-8-4-3-5-9-20)30(37)25-17-16-23(35)18-27(25)36/h3-18,35-36H,2,19H2,1H3. The van der Waals surface area contributed by atoms with Gasteiger partial charge in [0.25, 0.3) is 5.91 Å². The summed E-state index contributed by atoms with van der Waals surface area (Å²) in [5.41, 5.74) is 3.44. The van der Waals surface area contributed by atoms with E-state index in [-0.39, 0.29) is 36.0 Å². The lowest BCUT2D eigenvalue weighted by Gasteiger charge is -2.24. The zero-order valence-electron chi connectivity index (χ0n) is 21.1. The molecule has 0 radical (unpaired) electrons. The van der Waals surface area contributed by atoms with Gasteiger partial charge in [0.15, 0.2) is 0 Å². The van der Waals surface area contributed by atoms with Crippen molar-refractivity contribution in [1.29, 1.82) is 0 Å². The third kappa shape index (κ3) is 5.40. The van der Waals surface area contributed by atoms with Gasteiger partial charge in [0.1, 0.15) is 11.5 Å². The lowest BCUT2D eigenvalue weighted by Crippen LogP contribution is -2.30. The molecule has 0 unspecified atom stereocenters. The number of esters is 1. The first-order valence-electron chi connectivity index (χ1n) is 12.4. The molecule has 5 aromatic rings. The molecule has 1 amide bonds. The molecule has 5 rings (SSSR count). The van der Waals surface area contributed by atoms with Gasteiger partial charge in [-0.1, -0.05) is 60.7 Å². The fourth-order valence-corrected chi connectivity index (χ4v) is 4.28. The van der Waals surface area contributed by atoms with E-state index >= 15 is 0 Å². The molecule has 0 spiro atoms. The maximum atomic E-state index is 13.6. The minimum Gasteiger partial charge on any atom is -0.508 e. The Hall–Kier alpha value is -5.24. The second-order valence-corrected chi connectivity index (χ2v) is 8.76. The van der Waals surface area contributed by atoms with Crippen molar-refractivity contribution < 1.29 is 24.5 Å². The summed E-state index contributed by atoms with van der Waals surface area (Å²) < 4.78 is 5.12. The van der Waals surface area contributed by atoms with E-state index in [0.29, 0.717) is 16.9 Å². The van der Waals surface area contributed by atoms with Crippen LogP contribution in [0.5, 0.6) is 11.5 Å². The third-order valence-electron chi connectivity index (χ3n) is 6.15. The van der Waals surface area contributed by atoms with Gasteiger partial charge in [-0.25, -0.2) is 14.8 Å². The Balaban J connectivity index is 1.56. The summed E-state index contributed by atoms with van der Waals surface area (Å²) in [7, 11) is 0. The van der Waals surface area contributed by atoms with Gasteiger partial charge in [-0.2, -0.15) is 0 Å². The van der Waals surface area contributed by atoms with Crippen LogP contribution in [0.3, 0.4) is 0 Å². The van der Waals surface area contributed by atoms with E-state index in [0.717, 1.165) is 22.6 Å². The van der Waals surface area contributed by atoms with Gasteiger partial charge in [-0.05, 0) is 42.8 Å². The van der Waals surface area contributed by atoms with Crippen molar-refractivity contribution in [3.8, 4) is 22.8 Å². The summed E-state index contributed by atoms with van der Waals surface area (Å²) in [4.78, 5) is 36.4. The fourth-order valence-electron chi connectivity index (χ4n) is 4.28. The Kier molecular flexibility index (Phi) is 7.18. The molecule has 0 bridgehead atoms. The maximum Gasteiger partial charge on any atom is 0.376 e. The van der Waals surface area contributed by atoms with Crippen LogP contribution in [0.1, 0.15) is 33.5 Å². The number of hydrogen-bond donors (Lipinski definition) is 2. The molecule has 0 aliphatic heterocycles. The number of para-hydroxylation sites is 1. The molecule has 0 aliphatic carbocycles. The van der Waals surface area contributed by atoms with Gasteiger partial charge >= 0.3 is 5.97 Å². The molecule has 0 fully saturated rings. The number of benzene rings is 4. The number of carbonyl (C=O) groups is 2. The van der Waals surface area contributed by atoms with Gasteiger partial charge in [0, 0.05) is 22.7 Å². The highest BCUT2D eigenvalue weighted by atomic mass is 16.5. The maximum absolute atomic E-state index is 13.6. The lowest BCUT2D eigenvalue weighted by molar-refractivity contribution is 0.0512. The van der Waals surface area contributed by atoms with Crippen LogP contribution in [0.15, 0.2) is 97.1 Å². The van der Waals surface area contributed by atoms with Crippen LogP contribution in [0.4, 0.5) is 5.69 Å². The molecule has 0 atom stereocenters. The van der Waals surface area contributed by atoms with Gasteiger partial charge < -0.3 is 19.8 Å². The molecule has 8 nitrogen and oxygen atoms in total. The van der Waals surface area contributed by atoms with Crippen molar-refractivity contribution in [1.82, 2.24) is 9.97 Å². The molecule has 1 heterocycles. The number of aromatic nitrogens is 2. The SMILES string of the molecule is CCOC(=O)c1nc(-c2ccc(N(Cc3ccccc3)C(=O)c3ccc(O)cc3O)cc2)c2ccccc2n1. The summed E-state index contributed by atoms with van der Waals surface area (Å²) in [6.45, 7) is 2.18. The van der Waals surface area contributed by atoms with Gasteiger partial charge in [-0.15, -0.1) is 0 Å². The molecule has 4 aromatic carbocycles. The Labute approximate surface area is 224 Å². The van der Waals surface area contributed by atoms with Crippen molar-refractivity contribution >= 4 is 28.5 Å². The molecular weight excluding hydrogens is 494 g/mol. The Bertz CT molecular complexity index is 1650. The van der Waals surface area contributed by atoms with Crippen molar-refractivity contribution in [3.05, 3.63) is 114 Å². The summed E-state index contributed by atoms with van der Waals surface area (Å²) in [5, 5.41) is 20.8. The molecule has 0 aliphatic rings. The van der Waals surface area contributed by atoms with E-state index < -0.39 is 11.9 Å². The van der Waals surface area contributed by atoms with E-state index in [4.69, 9.17) is 4.74 Å². The number of nitrogens with zero attached hydrogens (tertiary/aromatic N) is 3. The summed E-state index contributed by atoms with van der Waals surface area (Å²) >= 11 is 0. The molecular formula is C31H25N3O5. The minimum atomic E-state index is -0.602. The molecule has 0 saturated heterocycles. The smallest absolute Gasteiger partial charge is 0.376 e. The summed E-state index contributed by atoms with van der Waals surface area (Å²) in [6.07, 6.45) is 0. The van der Waals surface area contributed by atoms with E-state index in [1.54, 1.807) is 24.0 Å². The number of phenolic OH excluding ortho intramolecular Hbond substituents is 2. The minimum absolute atomic E-state index is 0.0293. The Morgan fingerprint density at radius 3 is 2.28 bits per heavy atom. The highest BCUT2D eigenvalue weighted by molar-refractivity contribution is 6.08. The first-order chi connectivity index (χ1) is 18.9. The van der Waals surface area contributed by atoms with Crippen LogP contribution in [0.25, 0.3) is 22.2 Å². The topological polar surface area (TPSA) is 113 Å². The molecule has 39 heavy (non-hydrogen) atoms. The normalized spacial score (nSPS) is 10.8. The molecule has 0 saturated carbocycles. The lowest BCUT2D eigenvalue weighted by atomic mass is 10.0. The zero-order chi connectivity index (χ0) is 27.4. The van der Waals surface area contributed by atoms with Crippen LogP contribution in [-0.4, -0.2) is 38.7 Å². The van der Waals surface area contributed by atoms with Crippen molar-refractivity contribution in [2.24, 2.45) is 0 Å². The van der Waals surface area contributed by atoms with Crippen LogP contribution in [0, 0.1) is 0 Å². The largest absolute Gasteiger partial charge is 0.508 e. The highest BCUT2D eigenvalue weighted by Gasteiger charge is 2.22. The molecule has 8 heteroatoms. The van der Waals surface area contributed by atoms with E-state index in [1.165, 1.54) is 12.1 Å². The number of phenols is 2. The van der Waals surface area contributed by atoms with Crippen LogP contribution < -0.4 is 4.90 Å². The number of aromatic hydroxyl groups is 2. The average Bonchev–Trinajstić information content (AvgIpc) is 2.96. The van der Waals surface area contributed by atoms with Crippen LogP contribution >= 0.6 is 0 Å². The number of ether oxygens (including phenoxy) is 1. The van der Waals surface area contributed by atoms with Crippen LogP contribution in [-0.2, 0) is 11.3 Å². The fraction of sp³-hybridized carbons (Fsp3) is 0.0968. The summed E-state index contributed by atoms with van der Waals surface area (Å²) in [5.74, 6) is -1.51. The molecule has 194 valence electrons. The van der Waals surface area contributed by atoms with E-state index in [9.17, 15) is 19.8 Å². The number of amides is 1. The van der Waals surface area contributed by atoms with Crippen molar-refractivity contribution in [2.45, 2.75) is 13.5 Å². The number of fused-ring (bicyclic) bond motifs is 1. The van der Waals surface area contributed by atoms with E-state index in [2.05, 4.69) is 9.97 Å². The summed E-state index contributed by atoms with van der Waals surface area (Å²) in [6, 6.07) is 28.0. The molecule has 2 N–H and O–H groups in total. The number of hydrogen-bond acceptors (Lipinski definition) is 7. The first kappa shape index (κ1) is 25.4. The quantitative estimate of drug-likeness (QED) is 0.264. The number of rotatable bonds is 7. The third-order valence-corrected chi connectivity index (χ3v) is 6.15. The predicted octanol–water partition coefficient (Wildman–Crippen LogP) is 5.73. The first-order valence-corrected chi connectivity index (χ1v) is 12.4. The Morgan fingerprint density at radius 2 is 1.56 bits per heavy atom. The van der Waals surface area contributed by atoms with Crippen molar-refractivity contribution in [2.75, 3.05) is 11.5 Å². The van der Waals surface area contributed by atoms with E-state index in [1.807, 2.05) is 66.7 Å². The molecule has 1 aromatic heterocycles. The van der Waals surface area contributed by atoms with Gasteiger partial charge in [-0.3, -0.25) is 4.79 Å². The highest BCUT2D eigenvalue weighted by Crippen LogP contribution is 2.31. The second kappa shape index (κ2) is 11.0. The number of anilines is 1. The van der Waals surface area contributed by atoms with Crippen LogP contribution in [0.2, 0.25) is 0 Å². The van der Waals surface area contributed by atoms with Crippen molar-refractivity contribution in [3.63, 3.8) is 0 Å². The Morgan fingerprint density at radius 1 is 0.846 bits per heavy atom.